The first-order valence-corrected chi connectivity index (χ1v) is 13.3. The highest BCUT2D eigenvalue weighted by Crippen LogP contribution is 2.46. The Bertz CT molecular complexity index is 1410. The maximum Gasteiger partial charge on any atom is 0.336 e. The van der Waals surface area contributed by atoms with Crippen molar-refractivity contribution in [2.45, 2.75) is 31.6 Å². The molecule has 39 heavy (non-hydrogen) atoms. The normalized spacial score (nSPS) is 18.8. The van der Waals surface area contributed by atoms with Crippen molar-refractivity contribution in [2.75, 3.05) is 20.3 Å². The standard InChI is InChI=1S/C32H30ClNO5/c1-20-29(32(36)39-17-16-38-26-6-4-3-5-7-26)30(22-8-12-24(33)13-9-22)31-27(34-20)18-23(19-28(31)35)21-10-14-25(37-2)15-11-21/h3-15,23,30,34H,16-19H2,1-2H3/t23-,30+/m1/s1. The van der Waals surface area contributed by atoms with Crippen LogP contribution < -0.4 is 14.8 Å². The molecule has 0 spiro atoms. The lowest BCUT2D eigenvalue weighted by atomic mass is 9.72. The van der Waals surface area contributed by atoms with Gasteiger partial charge in [0.15, 0.2) is 5.78 Å². The van der Waals surface area contributed by atoms with Crippen molar-refractivity contribution < 1.29 is 23.8 Å². The van der Waals surface area contributed by atoms with Crippen LogP contribution in [0.3, 0.4) is 0 Å². The molecule has 3 aromatic carbocycles. The first kappa shape index (κ1) is 26.6. The van der Waals surface area contributed by atoms with Crippen molar-refractivity contribution in [1.82, 2.24) is 5.32 Å². The minimum absolute atomic E-state index is 0.00901. The largest absolute Gasteiger partial charge is 0.497 e. The Balaban J connectivity index is 1.40. The van der Waals surface area contributed by atoms with Crippen molar-refractivity contribution >= 4 is 23.4 Å². The summed E-state index contributed by atoms with van der Waals surface area (Å²) in [4.78, 5) is 27.2. The van der Waals surface area contributed by atoms with E-state index in [-0.39, 0.29) is 24.9 Å². The molecule has 0 amide bonds. The summed E-state index contributed by atoms with van der Waals surface area (Å²) in [6.45, 7) is 2.15. The number of Topliss-reactive ketones (excluding diaryl/α,β-unsaturated/α-hetero) is 1. The van der Waals surface area contributed by atoms with Crippen molar-refractivity contribution in [3.8, 4) is 11.5 Å². The molecule has 6 nitrogen and oxygen atoms in total. The Morgan fingerprint density at radius 3 is 2.28 bits per heavy atom. The van der Waals surface area contributed by atoms with E-state index in [1.807, 2.05) is 73.7 Å². The number of esters is 1. The summed E-state index contributed by atoms with van der Waals surface area (Å²) < 4.78 is 16.6. The van der Waals surface area contributed by atoms with Crippen molar-refractivity contribution in [3.05, 3.63) is 118 Å². The minimum atomic E-state index is -0.551. The number of benzene rings is 3. The van der Waals surface area contributed by atoms with Gasteiger partial charge < -0.3 is 19.5 Å². The first-order chi connectivity index (χ1) is 18.9. The number of methoxy groups -OCH3 is 1. The second-order valence-corrected chi connectivity index (χ2v) is 10.1. The van der Waals surface area contributed by atoms with Crippen LogP contribution in [0, 0.1) is 0 Å². The zero-order valence-electron chi connectivity index (χ0n) is 21.9. The van der Waals surface area contributed by atoms with Crippen LogP contribution in [0.1, 0.15) is 42.7 Å². The zero-order valence-corrected chi connectivity index (χ0v) is 22.7. The highest BCUT2D eigenvalue weighted by atomic mass is 35.5. The number of nitrogens with one attached hydrogen (secondary N) is 1. The number of hydrogen-bond acceptors (Lipinski definition) is 6. The molecule has 0 radical (unpaired) electrons. The average molecular weight is 544 g/mol. The number of carbonyl (C=O) groups is 2. The Morgan fingerprint density at radius 2 is 1.59 bits per heavy atom. The van der Waals surface area contributed by atoms with Gasteiger partial charge in [-0.1, -0.05) is 54.1 Å². The number of ether oxygens (including phenoxy) is 3. The monoisotopic (exact) mass is 543 g/mol. The number of dihydropyridines is 1. The van der Waals surface area contributed by atoms with Crippen LogP contribution in [0.15, 0.2) is 101 Å². The second-order valence-electron chi connectivity index (χ2n) is 9.64. The van der Waals surface area contributed by atoms with E-state index < -0.39 is 11.9 Å². The van der Waals surface area contributed by atoms with E-state index in [0.29, 0.717) is 40.5 Å². The third-order valence-corrected chi connectivity index (χ3v) is 7.42. The van der Waals surface area contributed by atoms with Gasteiger partial charge in [0, 0.05) is 34.3 Å². The molecule has 7 heteroatoms. The van der Waals surface area contributed by atoms with E-state index in [1.54, 1.807) is 19.2 Å². The van der Waals surface area contributed by atoms with Crippen LogP contribution in [0.4, 0.5) is 0 Å². The molecule has 1 heterocycles. The van der Waals surface area contributed by atoms with Gasteiger partial charge in [-0.25, -0.2) is 4.79 Å². The Hall–Kier alpha value is -4.03. The molecule has 1 aliphatic heterocycles. The van der Waals surface area contributed by atoms with Crippen LogP contribution in [0.2, 0.25) is 5.02 Å². The van der Waals surface area contributed by atoms with Gasteiger partial charge in [-0.2, -0.15) is 0 Å². The van der Waals surface area contributed by atoms with Gasteiger partial charge in [0.2, 0.25) is 0 Å². The lowest BCUT2D eigenvalue weighted by Crippen LogP contribution is -2.36. The molecule has 0 fully saturated rings. The summed E-state index contributed by atoms with van der Waals surface area (Å²) in [6.07, 6.45) is 1.01. The van der Waals surface area contributed by atoms with Gasteiger partial charge >= 0.3 is 5.97 Å². The van der Waals surface area contributed by atoms with Crippen molar-refractivity contribution in [3.63, 3.8) is 0 Å². The van der Waals surface area contributed by atoms with Gasteiger partial charge in [0.25, 0.3) is 0 Å². The van der Waals surface area contributed by atoms with Crippen LogP contribution >= 0.6 is 11.6 Å². The van der Waals surface area contributed by atoms with E-state index >= 15 is 0 Å². The number of allylic oxidation sites excluding steroid dienone is 3. The number of carbonyl (C=O) groups excluding carboxylic acids is 2. The van der Waals surface area contributed by atoms with Crippen LogP contribution in [0.5, 0.6) is 11.5 Å². The van der Waals surface area contributed by atoms with Gasteiger partial charge in [-0.3, -0.25) is 4.79 Å². The molecule has 3 aromatic rings. The van der Waals surface area contributed by atoms with E-state index in [1.165, 1.54) is 0 Å². The number of ketones is 1. The molecule has 0 aromatic heterocycles. The highest BCUT2D eigenvalue weighted by molar-refractivity contribution is 6.30. The summed E-state index contributed by atoms with van der Waals surface area (Å²) in [5.74, 6) is 0.483. The molecule has 2 aliphatic rings. The summed E-state index contributed by atoms with van der Waals surface area (Å²) in [5.41, 5.74) is 4.44. The van der Waals surface area contributed by atoms with E-state index in [0.717, 1.165) is 22.6 Å². The van der Waals surface area contributed by atoms with Gasteiger partial charge in [0.1, 0.15) is 24.7 Å². The van der Waals surface area contributed by atoms with E-state index in [2.05, 4.69) is 5.32 Å². The van der Waals surface area contributed by atoms with E-state index in [4.69, 9.17) is 25.8 Å². The maximum absolute atomic E-state index is 13.7. The molecule has 0 bridgehead atoms. The zero-order chi connectivity index (χ0) is 27.4. The minimum Gasteiger partial charge on any atom is -0.497 e. The van der Waals surface area contributed by atoms with Crippen LogP contribution in [0.25, 0.3) is 0 Å². The summed E-state index contributed by atoms with van der Waals surface area (Å²) >= 11 is 6.17. The van der Waals surface area contributed by atoms with E-state index in [9.17, 15) is 9.59 Å². The van der Waals surface area contributed by atoms with Crippen molar-refractivity contribution in [1.29, 1.82) is 0 Å². The Morgan fingerprint density at radius 1 is 0.897 bits per heavy atom. The third-order valence-electron chi connectivity index (χ3n) is 7.17. The molecule has 1 aliphatic carbocycles. The molecule has 0 unspecified atom stereocenters. The Kier molecular flexibility index (Phi) is 8.03. The molecular formula is C32H30ClNO5. The first-order valence-electron chi connectivity index (χ1n) is 12.9. The maximum atomic E-state index is 13.7. The molecule has 1 N–H and O–H groups in total. The predicted octanol–water partition coefficient (Wildman–Crippen LogP) is 6.33. The van der Waals surface area contributed by atoms with Crippen molar-refractivity contribution in [2.24, 2.45) is 0 Å². The molecule has 5 rings (SSSR count). The summed E-state index contributed by atoms with van der Waals surface area (Å²) in [6, 6.07) is 24.5. The van der Waals surface area contributed by atoms with Gasteiger partial charge in [0.05, 0.1) is 12.7 Å². The summed E-state index contributed by atoms with van der Waals surface area (Å²) in [7, 11) is 1.63. The number of rotatable bonds is 8. The molecule has 200 valence electrons. The lowest BCUT2D eigenvalue weighted by Gasteiger charge is -2.36. The fourth-order valence-electron chi connectivity index (χ4n) is 5.30. The number of hydrogen-bond donors (Lipinski definition) is 1. The SMILES string of the molecule is COc1ccc([C@H]2CC(=O)C3=C(C2)NC(C)=C(C(=O)OCCOc2ccccc2)[C@@H]3c2ccc(Cl)cc2)cc1. The number of para-hydroxylation sites is 1. The smallest absolute Gasteiger partial charge is 0.336 e. The quantitative estimate of drug-likeness (QED) is 0.264. The molecule has 2 atom stereocenters. The fraction of sp³-hybridized carbons (Fsp3) is 0.250. The predicted molar refractivity (Wildman–Crippen MR) is 150 cm³/mol. The summed E-state index contributed by atoms with van der Waals surface area (Å²) in [5, 5.41) is 3.97. The molecular weight excluding hydrogens is 514 g/mol. The number of halogens is 1. The highest BCUT2D eigenvalue weighted by Gasteiger charge is 2.41. The topological polar surface area (TPSA) is 73.9 Å². The van der Waals surface area contributed by atoms with Gasteiger partial charge in [-0.05, 0) is 66.8 Å². The molecule has 0 saturated carbocycles. The molecule has 0 saturated heterocycles. The Labute approximate surface area is 233 Å². The third kappa shape index (κ3) is 5.86. The van der Waals surface area contributed by atoms with Gasteiger partial charge in [-0.15, -0.1) is 0 Å². The average Bonchev–Trinajstić information content (AvgIpc) is 2.95. The lowest BCUT2D eigenvalue weighted by molar-refractivity contribution is -0.140. The van der Waals surface area contributed by atoms with Crippen LogP contribution in [-0.4, -0.2) is 32.1 Å². The fourth-order valence-corrected chi connectivity index (χ4v) is 5.42. The second kappa shape index (κ2) is 11.8. The van der Waals surface area contributed by atoms with Crippen LogP contribution in [-0.2, 0) is 14.3 Å².